The van der Waals surface area contributed by atoms with E-state index in [1.54, 1.807) is 6.20 Å². The number of aromatic nitrogens is 1. The van der Waals surface area contributed by atoms with Gasteiger partial charge >= 0.3 is 0 Å². The first-order chi connectivity index (χ1) is 6.74. The van der Waals surface area contributed by atoms with Gasteiger partial charge in [-0.3, -0.25) is 4.79 Å². The lowest BCUT2D eigenvalue weighted by molar-refractivity contribution is 0.0999. The lowest BCUT2D eigenvalue weighted by Gasteiger charge is -1.99. The summed E-state index contributed by atoms with van der Waals surface area (Å²) in [6, 6.07) is 7.44. The molecule has 14 heavy (non-hydrogen) atoms. The van der Waals surface area contributed by atoms with Crippen molar-refractivity contribution in [3.8, 4) is 0 Å². The van der Waals surface area contributed by atoms with E-state index in [4.69, 9.17) is 10.6 Å². The second-order valence-electron chi connectivity index (χ2n) is 2.93. The highest BCUT2D eigenvalue weighted by Crippen LogP contribution is 2.19. The number of nitrogens with zero attached hydrogens (tertiary/aromatic N) is 1. The van der Waals surface area contributed by atoms with E-state index < -0.39 is 5.91 Å². The average molecular weight is 190 g/mol. The first-order valence-electron chi connectivity index (χ1n) is 4.18. The number of carbonyl (C=O) groups is 1. The van der Waals surface area contributed by atoms with E-state index in [0.717, 1.165) is 10.9 Å². The van der Waals surface area contributed by atoms with Crippen molar-refractivity contribution in [3.05, 3.63) is 36.0 Å². The third-order valence-corrected chi connectivity index (χ3v) is 2.14. The maximum atomic E-state index is 11.1. The molecular formula is C10H10N2O2. The van der Waals surface area contributed by atoms with Gasteiger partial charge in [-0.25, -0.2) is 0 Å². The molecule has 0 aliphatic carbocycles. The van der Waals surface area contributed by atoms with Crippen LogP contribution in [0.15, 0.2) is 30.5 Å². The van der Waals surface area contributed by atoms with Crippen LogP contribution in [0.5, 0.6) is 0 Å². The van der Waals surface area contributed by atoms with E-state index in [1.165, 1.54) is 11.8 Å². The molecule has 0 radical (unpaired) electrons. The lowest BCUT2D eigenvalue weighted by Crippen LogP contribution is -2.10. The van der Waals surface area contributed by atoms with Crippen LogP contribution in [0.3, 0.4) is 0 Å². The van der Waals surface area contributed by atoms with Crippen LogP contribution in [0.4, 0.5) is 0 Å². The van der Waals surface area contributed by atoms with Crippen molar-refractivity contribution < 1.29 is 9.63 Å². The van der Waals surface area contributed by atoms with Crippen LogP contribution in [0.25, 0.3) is 10.9 Å². The quantitative estimate of drug-likeness (QED) is 0.761. The number of hydrogen-bond acceptors (Lipinski definition) is 2. The molecule has 2 aromatic rings. The number of rotatable bonds is 2. The molecule has 2 rings (SSSR count). The van der Waals surface area contributed by atoms with Crippen molar-refractivity contribution in [1.29, 1.82) is 0 Å². The number of fused-ring (bicyclic) bond motifs is 1. The summed E-state index contributed by atoms with van der Waals surface area (Å²) in [4.78, 5) is 16.2. The van der Waals surface area contributed by atoms with E-state index in [-0.39, 0.29) is 0 Å². The molecule has 0 saturated carbocycles. The summed E-state index contributed by atoms with van der Waals surface area (Å²) in [5, 5.41) is 0.807. The maximum absolute atomic E-state index is 11.1. The van der Waals surface area contributed by atoms with Gasteiger partial charge in [-0.15, -0.1) is 0 Å². The molecule has 0 saturated heterocycles. The number of benzene rings is 1. The highest BCUT2D eigenvalue weighted by atomic mass is 16.6. The highest BCUT2D eigenvalue weighted by Gasteiger charge is 2.11. The third-order valence-electron chi connectivity index (χ3n) is 2.14. The normalized spacial score (nSPS) is 10.4. The maximum Gasteiger partial charge on any atom is 0.251 e. The van der Waals surface area contributed by atoms with Gasteiger partial charge in [0.1, 0.15) is 7.11 Å². The first kappa shape index (κ1) is 8.62. The Balaban J connectivity index is 2.80. The zero-order valence-electron chi connectivity index (χ0n) is 7.73. The molecule has 0 aliphatic heterocycles. The van der Waals surface area contributed by atoms with E-state index in [1.807, 2.05) is 24.3 Å². The summed E-state index contributed by atoms with van der Waals surface area (Å²) < 4.78 is 1.52. The standard InChI is InChI=1S/C10H10N2O2/c1-14-12-6-8(10(11)13)7-4-2-3-5-9(7)12/h2-6H,1H3,(H2,11,13). The molecule has 0 fully saturated rings. The summed E-state index contributed by atoms with van der Waals surface area (Å²) >= 11 is 0. The van der Waals surface area contributed by atoms with Crippen LogP contribution in [0, 0.1) is 0 Å². The molecule has 4 nitrogen and oxygen atoms in total. The molecule has 0 unspecified atom stereocenters. The second-order valence-corrected chi connectivity index (χ2v) is 2.93. The Morgan fingerprint density at radius 2 is 2.14 bits per heavy atom. The van der Waals surface area contributed by atoms with E-state index in [0.29, 0.717) is 5.56 Å². The SMILES string of the molecule is COn1cc(C(N)=O)c2ccccc21. The van der Waals surface area contributed by atoms with Gasteiger partial charge in [0.05, 0.1) is 17.3 Å². The van der Waals surface area contributed by atoms with Crippen LogP contribution in [-0.4, -0.2) is 17.7 Å². The van der Waals surface area contributed by atoms with Crippen LogP contribution >= 0.6 is 0 Å². The molecule has 1 aromatic heterocycles. The zero-order valence-corrected chi connectivity index (χ0v) is 7.73. The lowest BCUT2D eigenvalue weighted by atomic mass is 10.2. The number of carbonyl (C=O) groups excluding carboxylic acids is 1. The van der Waals surface area contributed by atoms with E-state index >= 15 is 0 Å². The number of amides is 1. The van der Waals surface area contributed by atoms with E-state index in [9.17, 15) is 4.79 Å². The zero-order chi connectivity index (χ0) is 10.1. The number of nitrogens with two attached hydrogens (primary N) is 1. The monoisotopic (exact) mass is 190 g/mol. The van der Waals surface area contributed by atoms with Gasteiger partial charge in [0.15, 0.2) is 0 Å². The van der Waals surface area contributed by atoms with Gasteiger partial charge in [-0.2, -0.15) is 4.73 Å². The van der Waals surface area contributed by atoms with Crippen molar-refractivity contribution in [2.45, 2.75) is 0 Å². The molecule has 1 heterocycles. The fourth-order valence-corrected chi connectivity index (χ4v) is 1.50. The van der Waals surface area contributed by atoms with Crippen molar-refractivity contribution in [2.75, 3.05) is 7.11 Å². The fourth-order valence-electron chi connectivity index (χ4n) is 1.50. The summed E-state index contributed by atoms with van der Waals surface area (Å²) in [6.07, 6.45) is 1.59. The molecule has 1 amide bonds. The van der Waals surface area contributed by atoms with Crippen LogP contribution < -0.4 is 10.6 Å². The predicted molar refractivity (Wildman–Crippen MR) is 53.0 cm³/mol. The van der Waals surface area contributed by atoms with E-state index in [2.05, 4.69) is 0 Å². The molecule has 0 spiro atoms. The molecule has 0 aliphatic rings. The molecular weight excluding hydrogens is 180 g/mol. The summed E-state index contributed by atoms with van der Waals surface area (Å²) in [6.45, 7) is 0. The Labute approximate surface area is 80.8 Å². The van der Waals surface area contributed by atoms with Gasteiger partial charge in [-0.1, -0.05) is 18.2 Å². The average Bonchev–Trinajstić information content (AvgIpc) is 2.56. The summed E-state index contributed by atoms with van der Waals surface area (Å²) in [7, 11) is 1.54. The van der Waals surface area contributed by atoms with Gasteiger partial charge in [-0.05, 0) is 6.07 Å². The Morgan fingerprint density at radius 1 is 1.43 bits per heavy atom. The van der Waals surface area contributed by atoms with Crippen molar-refractivity contribution in [3.63, 3.8) is 0 Å². The van der Waals surface area contributed by atoms with Gasteiger partial charge in [0.2, 0.25) is 0 Å². The molecule has 72 valence electrons. The number of primary amides is 1. The number of para-hydroxylation sites is 1. The third kappa shape index (κ3) is 1.12. The van der Waals surface area contributed by atoms with Crippen molar-refractivity contribution in [1.82, 2.24) is 4.73 Å². The minimum atomic E-state index is -0.447. The fraction of sp³-hybridized carbons (Fsp3) is 0.100. The topological polar surface area (TPSA) is 57.2 Å². The summed E-state index contributed by atoms with van der Waals surface area (Å²) in [5.41, 5.74) is 6.55. The summed E-state index contributed by atoms with van der Waals surface area (Å²) in [5.74, 6) is -0.447. The molecule has 1 aromatic carbocycles. The molecule has 4 heteroatoms. The van der Waals surface area contributed by atoms with Crippen LogP contribution in [0.1, 0.15) is 10.4 Å². The van der Waals surface area contributed by atoms with Gasteiger partial charge in [0.25, 0.3) is 5.91 Å². The minimum absolute atomic E-state index is 0.447. The Kier molecular flexibility index (Phi) is 1.89. The van der Waals surface area contributed by atoms with Gasteiger partial charge in [0, 0.05) is 5.39 Å². The second kappa shape index (κ2) is 3.06. The van der Waals surface area contributed by atoms with Crippen molar-refractivity contribution in [2.24, 2.45) is 5.73 Å². The Hall–Kier alpha value is -1.97. The van der Waals surface area contributed by atoms with Crippen LogP contribution in [0.2, 0.25) is 0 Å². The predicted octanol–water partition coefficient (Wildman–Crippen LogP) is 0.799. The van der Waals surface area contributed by atoms with Crippen LogP contribution in [-0.2, 0) is 0 Å². The Bertz CT molecular complexity index is 488. The highest BCUT2D eigenvalue weighted by molar-refractivity contribution is 6.06. The van der Waals surface area contributed by atoms with Gasteiger partial charge < -0.3 is 10.6 Å². The smallest absolute Gasteiger partial charge is 0.251 e. The molecule has 2 N–H and O–H groups in total. The molecule has 0 atom stereocenters. The van der Waals surface area contributed by atoms with Crippen molar-refractivity contribution >= 4 is 16.8 Å². The number of hydrogen-bond donors (Lipinski definition) is 1. The molecule has 0 bridgehead atoms. The minimum Gasteiger partial charge on any atom is -0.417 e. The largest absolute Gasteiger partial charge is 0.417 e. The Morgan fingerprint density at radius 3 is 2.79 bits per heavy atom. The first-order valence-corrected chi connectivity index (χ1v) is 4.18.